The van der Waals surface area contributed by atoms with Crippen LogP contribution < -0.4 is 5.32 Å². The Hall–Kier alpha value is -2.57. The molecule has 7 nitrogen and oxygen atoms in total. The van der Waals surface area contributed by atoms with Crippen LogP contribution in [0, 0.1) is 17.8 Å². The second-order valence-electron chi connectivity index (χ2n) is 9.93. The molecular formula is C23H28N2O5. The molecule has 0 unspecified atom stereocenters. The van der Waals surface area contributed by atoms with E-state index in [-0.39, 0.29) is 29.4 Å². The number of esters is 1. The Morgan fingerprint density at radius 2 is 1.93 bits per heavy atom. The quantitative estimate of drug-likeness (QED) is 0.767. The Labute approximate surface area is 176 Å². The van der Waals surface area contributed by atoms with Crippen molar-refractivity contribution >= 4 is 18.0 Å². The van der Waals surface area contributed by atoms with Crippen LogP contribution in [0.15, 0.2) is 24.3 Å². The van der Waals surface area contributed by atoms with E-state index < -0.39 is 5.41 Å². The molecule has 4 fully saturated rings. The minimum absolute atomic E-state index is 0.00728. The Balaban J connectivity index is 1.19. The van der Waals surface area contributed by atoms with Crippen molar-refractivity contribution in [2.24, 2.45) is 17.8 Å². The van der Waals surface area contributed by atoms with Crippen molar-refractivity contribution in [3.8, 4) is 0 Å². The summed E-state index contributed by atoms with van der Waals surface area (Å²) in [6.07, 6.45) is 0.985. The van der Waals surface area contributed by atoms with Gasteiger partial charge in [-0.05, 0) is 55.6 Å². The Kier molecular flexibility index (Phi) is 4.18. The second-order valence-corrected chi connectivity index (χ2v) is 9.93. The minimum atomic E-state index is -0.684. The van der Waals surface area contributed by atoms with Gasteiger partial charge in [-0.3, -0.25) is 9.59 Å². The van der Waals surface area contributed by atoms with Gasteiger partial charge in [0.1, 0.15) is 6.61 Å². The molecule has 1 spiro atoms. The van der Waals surface area contributed by atoms with Crippen LogP contribution >= 0.6 is 0 Å². The van der Waals surface area contributed by atoms with Crippen LogP contribution in [0.2, 0.25) is 0 Å². The van der Waals surface area contributed by atoms with Crippen LogP contribution in [-0.4, -0.2) is 55.2 Å². The number of piperidine rings is 1. The summed E-state index contributed by atoms with van der Waals surface area (Å²) >= 11 is 0. The van der Waals surface area contributed by atoms with Crippen molar-refractivity contribution in [1.29, 1.82) is 0 Å². The van der Waals surface area contributed by atoms with Crippen molar-refractivity contribution in [3.05, 3.63) is 35.4 Å². The van der Waals surface area contributed by atoms with Crippen molar-refractivity contribution in [2.45, 2.75) is 43.6 Å². The summed E-state index contributed by atoms with van der Waals surface area (Å²) in [5, 5.41) is 2.85. The molecule has 4 aliphatic rings. The summed E-state index contributed by atoms with van der Waals surface area (Å²) in [4.78, 5) is 38.3. The monoisotopic (exact) mass is 412 g/mol. The number of nitrogens with zero attached hydrogens (tertiary/aromatic N) is 1. The molecular weight excluding hydrogens is 384 g/mol. The van der Waals surface area contributed by atoms with Gasteiger partial charge in [0.25, 0.3) is 0 Å². The number of nitrogens with one attached hydrogen (secondary N) is 1. The lowest BCUT2D eigenvalue weighted by atomic mass is 9.68. The van der Waals surface area contributed by atoms with Gasteiger partial charge in [0, 0.05) is 19.0 Å². The number of rotatable bonds is 4. The predicted octanol–water partition coefficient (Wildman–Crippen LogP) is 2.20. The van der Waals surface area contributed by atoms with Gasteiger partial charge in [0.15, 0.2) is 0 Å². The minimum Gasteiger partial charge on any atom is -0.468 e. The normalized spacial score (nSPS) is 34.1. The molecule has 160 valence electrons. The number of amides is 2. The molecule has 30 heavy (non-hydrogen) atoms. The van der Waals surface area contributed by atoms with E-state index in [0.717, 1.165) is 18.7 Å². The number of fused-ring (bicyclic) bond motifs is 1. The fraction of sp³-hybridized carbons (Fsp3) is 0.609. The molecule has 7 heteroatoms. The van der Waals surface area contributed by atoms with Gasteiger partial charge in [0.2, 0.25) is 5.91 Å². The van der Waals surface area contributed by atoms with Crippen LogP contribution in [0.3, 0.4) is 0 Å². The van der Waals surface area contributed by atoms with Gasteiger partial charge in [0.05, 0.1) is 18.1 Å². The van der Waals surface area contributed by atoms with Gasteiger partial charge < -0.3 is 19.7 Å². The molecule has 2 saturated heterocycles. The van der Waals surface area contributed by atoms with Crippen LogP contribution in [0.5, 0.6) is 0 Å². The summed E-state index contributed by atoms with van der Waals surface area (Å²) in [7, 11) is 1.42. The first-order chi connectivity index (χ1) is 14.2. The van der Waals surface area contributed by atoms with E-state index in [4.69, 9.17) is 9.47 Å². The lowest BCUT2D eigenvalue weighted by molar-refractivity contribution is -0.146. The van der Waals surface area contributed by atoms with Gasteiger partial charge >= 0.3 is 12.1 Å². The number of carbonyl (C=O) groups excluding carboxylic acids is 3. The zero-order valence-electron chi connectivity index (χ0n) is 17.6. The largest absolute Gasteiger partial charge is 0.468 e. The van der Waals surface area contributed by atoms with Crippen molar-refractivity contribution in [2.75, 3.05) is 26.8 Å². The highest BCUT2D eigenvalue weighted by Gasteiger charge is 2.59. The summed E-state index contributed by atoms with van der Waals surface area (Å²) in [6.45, 7) is 5.74. The van der Waals surface area contributed by atoms with E-state index >= 15 is 0 Å². The van der Waals surface area contributed by atoms with Gasteiger partial charge in [-0.1, -0.05) is 24.3 Å². The van der Waals surface area contributed by atoms with Gasteiger partial charge in [-0.15, -0.1) is 0 Å². The molecule has 2 aliphatic carbocycles. The standard InChI is InChI=1S/C23H28N2O5/c1-22(2,20(27)29-3)15-6-4-5-13(7-15)18-16-10-25(11-17(16)18)19(26)14-8-23(9-14)12-30-21(28)24-23/h4-7,14,16-18H,8-12H2,1-3H3,(H,24,28)/t14?,16-,17+,18-,23?. The molecule has 2 aliphatic heterocycles. The zero-order chi connectivity index (χ0) is 21.3. The van der Waals surface area contributed by atoms with E-state index in [2.05, 4.69) is 17.4 Å². The molecule has 0 radical (unpaired) electrons. The molecule has 1 aromatic rings. The lowest BCUT2D eigenvalue weighted by Crippen LogP contribution is -2.58. The van der Waals surface area contributed by atoms with E-state index in [9.17, 15) is 14.4 Å². The van der Waals surface area contributed by atoms with Crippen LogP contribution in [0.1, 0.15) is 43.7 Å². The third-order valence-electron chi connectivity index (χ3n) is 7.66. The molecule has 0 bridgehead atoms. The first-order valence-electron chi connectivity index (χ1n) is 10.7. The number of hydrogen-bond acceptors (Lipinski definition) is 5. The molecule has 2 amide bonds. The summed E-state index contributed by atoms with van der Waals surface area (Å²) in [5.41, 5.74) is 1.22. The van der Waals surface area contributed by atoms with Crippen molar-refractivity contribution in [3.63, 3.8) is 0 Å². The summed E-state index contributed by atoms with van der Waals surface area (Å²) in [5.74, 6) is 1.41. The van der Waals surface area contributed by atoms with Crippen molar-refractivity contribution in [1.82, 2.24) is 10.2 Å². The average Bonchev–Trinajstić information content (AvgIpc) is 3.03. The number of alkyl carbamates (subject to hydrolysis) is 1. The van der Waals surface area contributed by atoms with Crippen LogP contribution in [-0.2, 0) is 24.5 Å². The average molecular weight is 412 g/mol. The number of carbonyl (C=O) groups is 3. The molecule has 2 heterocycles. The first-order valence-corrected chi connectivity index (χ1v) is 10.7. The van der Waals surface area contributed by atoms with Crippen LogP contribution in [0.25, 0.3) is 0 Å². The Bertz CT molecular complexity index is 908. The fourth-order valence-corrected chi connectivity index (χ4v) is 5.74. The fourth-order valence-electron chi connectivity index (χ4n) is 5.74. The number of cyclic esters (lactones) is 1. The number of ether oxygens (including phenoxy) is 2. The zero-order valence-corrected chi connectivity index (χ0v) is 17.6. The smallest absolute Gasteiger partial charge is 0.407 e. The maximum Gasteiger partial charge on any atom is 0.407 e. The molecule has 1 N–H and O–H groups in total. The maximum absolute atomic E-state index is 12.9. The highest BCUT2D eigenvalue weighted by molar-refractivity contribution is 5.83. The Morgan fingerprint density at radius 3 is 2.53 bits per heavy atom. The highest BCUT2D eigenvalue weighted by atomic mass is 16.6. The SMILES string of the molecule is COC(=O)C(C)(C)c1cccc([C@@H]2[C@@H]3CN(C(=O)C4CC5(COC(=O)N5)C4)C[C@@H]32)c1. The van der Waals surface area contributed by atoms with Crippen LogP contribution in [0.4, 0.5) is 4.79 Å². The number of likely N-dealkylation sites (tertiary alicyclic amines) is 1. The first kappa shape index (κ1) is 19.4. The third kappa shape index (κ3) is 2.89. The number of benzene rings is 1. The van der Waals surface area contributed by atoms with E-state index in [1.807, 2.05) is 30.9 Å². The number of methoxy groups -OCH3 is 1. The molecule has 5 rings (SSSR count). The second kappa shape index (κ2) is 6.46. The highest BCUT2D eigenvalue weighted by Crippen LogP contribution is 2.59. The summed E-state index contributed by atoms with van der Waals surface area (Å²) < 4.78 is 9.97. The third-order valence-corrected chi connectivity index (χ3v) is 7.66. The van der Waals surface area contributed by atoms with E-state index in [0.29, 0.717) is 37.2 Å². The lowest BCUT2D eigenvalue weighted by Gasteiger charge is -2.43. The molecule has 1 aromatic carbocycles. The van der Waals surface area contributed by atoms with Gasteiger partial charge in [-0.2, -0.15) is 0 Å². The maximum atomic E-state index is 12.9. The number of hydrogen-bond donors (Lipinski definition) is 1. The molecule has 3 atom stereocenters. The molecule has 0 aromatic heterocycles. The Morgan fingerprint density at radius 1 is 1.23 bits per heavy atom. The van der Waals surface area contributed by atoms with Crippen molar-refractivity contribution < 1.29 is 23.9 Å². The van der Waals surface area contributed by atoms with Gasteiger partial charge in [-0.25, -0.2) is 4.79 Å². The van der Waals surface area contributed by atoms with E-state index in [1.165, 1.54) is 12.7 Å². The summed E-state index contributed by atoms with van der Waals surface area (Å²) in [6, 6.07) is 8.25. The molecule has 2 saturated carbocycles. The van der Waals surface area contributed by atoms with E-state index in [1.54, 1.807) is 0 Å². The topological polar surface area (TPSA) is 84.9 Å². The predicted molar refractivity (Wildman–Crippen MR) is 108 cm³/mol.